The lowest BCUT2D eigenvalue weighted by Gasteiger charge is -2.34. The van der Waals surface area contributed by atoms with Gasteiger partial charge in [0.25, 0.3) is 0 Å². The van der Waals surface area contributed by atoms with Crippen LogP contribution in [0.4, 0.5) is 11.4 Å². The van der Waals surface area contributed by atoms with E-state index in [4.69, 9.17) is 16.3 Å². The van der Waals surface area contributed by atoms with Gasteiger partial charge in [0.2, 0.25) is 11.8 Å². The SMILES string of the molecule is CC(C(=O)Nc1cnc2c(c1)N(S(=O)[O-])C[C@H](C)O2)c1ccc(Cl)cc1. The van der Waals surface area contributed by atoms with Gasteiger partial charge in [0, 0.05) is 16.3 Å². The third kappa shape index (κ3) is 3.98. The van der Waals surface area contributed by atoms with E-state index in [1.807, 2.05) is 0 Å². The highest BCUT2D eigenvalue weighted by molar-refractivity contribution is 7.80. The van der Waals surface area contributed by atoms with Crippen molar-refractivity contribution in [3.63, 3.8) is 0 Å². The quantitative estimate of drug-likeness (QED) is 0.804. The van der Waals surface area contributed by atoms with E-state index < -0.39 is 17.2 Å². The number of fused-ring (bicyclic) bond motifs is 1. The zero-order valence-electron chi connectivity index (χ0n) is 14.1. The van der Waals surface area contributed by atoms with Crippen molar-refractivity contribution in [2.75, 3.05) is 16.2 Å². The van der Waals surface area contributed by atoms with E-state index in [0.717, 1.165) is 9.87 Å². The molecule has 1 aromatic heterocycles. The Morgan fingerprint density at radius 3 is 2.81 bits per heavy atom. The van der Waals surface area contributed by atoms with Gasteiger partial charge in [-0.1, -0.05) is 23.7 Å². The molecule has 9 heteroatoms. The van der Waals surface area contributed by atoms with Crippen molar-refractivity contribution in [3.8, 4) is 5.88 Å². The van der Waals surface area contributed by atoms with Crippen molar-refractivity contribution in [2.45, 2.75) is 25.9 Å². The van der Waals surface area contributed by atoms with Gasteiger partial charge in [-0.15, -0.1) is 0 Å². The maximum absolute atomic E-state index is 12.5. The van der Waals surface area contributed by atoms with Crippen molar-refractivity contribution >= 4 is 40.1 Å². The van der Waals surface area contributed by atoms with E-state index in [1.165, 1.54) is 12.3 Å². The second kappa shape index (κ2) is 7.61. The van der Waals surface area contributed by atoms with Gasteiger partial charge in [0.15, 0.2) is 0 Å². The summed E-state index contributed by atoms with van der Waals surface area (Å²) in [5, 5.41) is 3.36. The highest BCUT2D eigenvalue weighted by atomic mass is 35.5. The Balaban J connectivity index is 1.80. The van der Waals surface area contributed by atoms with Crippen LogP contribution in [0.5, 0.6) is 5.88 Å². The molecule has 0 saturated carbocycles. The number of anilines is 2. The van der Waals surface area contributed by atoms with E-state index in [9.17, 15) is 13.6 Å². The maximum Gasteiger partial charge on any atom is 0.238 e. The number of rotatable bonds is 4. The Morgan fingerprint density at radius 2 is 2.15 bits per heavy atom. The second-order valence-corrected chi connectivity index (χ2v) is 7.33. The standard InChI is InChI=1S/C17H18ClN3O4S/c1-10-9-21(26(23)24)15-7-14(8-19-17(15)25-10)20-16(22)11(2)12-3-5-13(18)6-4-12/h3-8,10-11H,9H2,1-2H3,(H,20,22)(H,23,24)/p-1/t10-,11?/m0/s1. The zero-order chi connectivity index (χ0) is 18.8. The molecule has 2 unspecified atom stereocenters. The third-order valence-corrected chi connectivity index (χ3v) is 5.01. The number of aromatic nitrogens is 1. The first kappa shape index (κ1) is 18.6. The Morgan fingerprint density at radius 1 is 1.46 bits per heavy atom. The monoisotopic (exact) mass is 394 g/mol. The molecule has 0 aliphatic carbocycles. The molecule has 2 aromatic rings. The average molecular weight is 395 g/mol. The number of hydrogen-bond acceptors (Lipinski definition) is 5. The second-order valence-electron chi connectivity index (χ2n) is 6.02. The van der Waals surface area contributed by atoms with Gasteiger partial charge in [-0.2, -0.15) is 0 Å². The molecule has 138 valence electrons. The molecule has 3 atom stereocenters. The predicted octanol–water partition coefficient (Wildman–Crippen LogP) is 2.86. The maximum atomic E-state index is 12.5. The lowest BCUT2D eigenvalue weighted by Crippen LogP contribution is -2.39. The molecule has 1 aromatic carbocycles. The number of halogens is 1. The first-order valence-corrected chi connectivity index (χ1v) is 9.36. The van der Waals surface area contributed by atoms with Gasteiger partial charge in [-0.05, 0) is 37.6 Å². The van der Waals surface area contributed by atoms with Crippen molar-refractivity contribution in [1.29, 1.82) is 0 Å². The zero-order valence-corrected chi connectivity index (χ0v) is 15.7. The number of carbonyl (C=O) groups excluding carboxylic acids is 1. The summed E-state index contributed by atoms with van der Waals surface area (Å²) in [6, 6.07) is 8.56. The van der Waals surface area contributed by atoms with Crippen LogP contribution in [0.2, 0.25) is 5.02 Å². The molecule has 1 aliphatic rings. The first-order valence-electron chi connectivity index (χ1n) is 7.95. The van der Waals surface area contributed by atoms with Gasteiger partial charge in [0.05, 0.1) is 24.3 Å². The predicted molar refractivity (Wildman–Crippen MR) is 99.1 cm³/mol. The number of nitrogens with zero attached hydrogens (tertiary/aromatic N) is 2. The number of ether oxygens (including phenoxy) is 1. The molecule has 26 heavy (non-hydrogen) atoms. The van der Waals surface area contributed by atoms with Crippen LogP contribution in [-0.4, -0.2) is 32.3 Å². The smallest absolute Gasteiger partial charge is 0.238 e. The summed E-state index contributed by atoms with van der Waals surface area (Å²) >= 11 is 3.41. The van der Waals surface area contributed by atoms with Crippen LogP contribution in [0.25, 0.3) is 0 Å². The summed E-state index contributed by atoms with van der Waals surface area (Å²) in [5.74, 6) is -0.435. The Labute approximate surface area is 158 Å². The van der Waals surface area contributed by atoms with Gasteiger partial charge < -0.3 is 14.6 Å². The van der Waals surface area contributed by atoms with Crippen molar-refractivity contribution in [1.82, 2.24) is 4.98 Å². The van der Waals surface area contributed by atoms with Crippen LogP contribution in [-0.2, 0) is 16.1 Å². The Bertz CT molecular complexity index is 846. The number of carbonyl (C=O) groups is 1. The summed E-state index contributed by atoms with van der Waals surface area (Å²) in [6.07, 6.45) is 1.13. The molecule has 0 radical (unpaired) electrons. The Hall–Kier alpha value is -2.16. The van der Waals surface area contributed by atoms with Gasteiger partial charge in [-0.3, -0.25) is 13.3 Å². The minimum Gasteiger partial charge on any atom is -0.755 e. The number of amides is 1. The molecule has 1 N–H and O–H groups in total. The number of pyridine rings is 1. The van der Waals surface area contributed by atoms with Crippen molar-refractivity contribution in [2.24, 2.45) is 0 Å². The molecule has 1 amide bonds. The van der Waals surface area contributed by atoms with Gasteiger partial charge in [-0.25, -0.2) is 4.98 Å². The average Bonchev–Trinajstić information content (AvgIpc) is 2.61. The Kier molecular flexibility index (Phi) is 5.45. The molecule has 0 spiro atoms. The summed E-state index contributed by atoms with van der Waals surface area (Å²) in [6.45, 7) is 3.71. The van der Waals surface area contributed by atoms with Crippen LogP contribution in [0.15, 0.2) is 36.5 Å². The number of hydrogen-bond donors (Lipinski definition) is 1. The molecular formula is C17H17ClN3O4S-. The van der Waals surface area contributed by atoms with Crippen LogP contribution in [0, 0.1) is 0 Å². The highest BCUT2D eigenvalue weighted by Gasteiger charge is 2.26. The van der Waals surface area contributed by atoms with E-state index >= 15 is 0 Å². The lowest BCUT2D eigenvalue weighted by molar-refractivity contribution is -0.117. The van der Waals surface area contributed by atoms with E-state index in [0.29, 0.717) is 16.4 Å². The fourth-order valence-electron chi connectivity index (χ4n) is 2.63. The van der Waals surface area contributed by atoms with Crippen LogP contribution in [0.1, 0.15) is 25.3 Å². The van der Waals surface area contributed by atoms with E-state index in [2.05, 4.69) is 10.3 Å². The van der Waals surface area contributed by atoms with E-state index in [-0.39, 0.29) is 24.4 Å². The molecule has 0 saturated heterocycles. The molecule has 0 bridgehead atoms. The molecule has 0 fully saturated rings. The first-order chi connectivity index (χ1) is 12.3. The summed E-state index contributed by atoms with van der Waals surface area (Å²) in [5.41, 5.74) is 1.51. The largest absolute Gasteiger partial charge is 0.755 e. The van der Waals surface area contributed by atoms with E-state index in [1.54, 1.807) is 38.1 Å². The molecule has 7 nitrogen and oxygen atoms in total. The van der Waals surface area contributed by atoms with Crippen molar-refractivity contribution in [3.05, 3.63) is 47.1 Å². The molecule has 2 heterocycles. The van der Waals surface area contributed by atoms with Crippen LogP contribution in [0.3, 0.4) is 0 Å². The third-order valence-electron chi connectivity index (χ3n) is 4.05. The van der Waals surface area contributed by atoms with Crippen LogP contribution < -0.4 is 14.4 Å². The topological polar surface area (TPSA) is 94.6 Å². The summed E-state index contributed by atoms with van der Waals surface area (Å²) < 4.78 is 29.6. The van der Waals surface area contributed by atoms with Crippen LogP contribution >= 0.6 is 11.6 Å². The molecule has 1 aliphatic heterocycles. The highest BCUT2D eigenvalue weighted by Crippen LogP contribution is 2.34. The number of nitrogens with one attached hydrogen (secondary N) is 1. The lowest BCUT2D eigenvalue weighted by atomic mass is 10.0. The normalized spacial score (nSPS) is 18.5. The van der Waals surface area contributed by atoms with Gasteiger partial charge >= 0.3 is 0 Å². The molecule has 3 rings (SSSR count). The fraction of sp³-hybridized carbons (Fsp3) is 0.294. The van der Waals surface area contributed by atoms with Gasteiger partial charge in [0.1, 0.15) is 11.8 Å². The number of benzene rings is 1. The minimum atomic E-state index is -2.46. The molecular weight excluding hydrogens is 378 g/mol. The van der Waals surface area contributed by atoms with Crippen molar-refractivity contribution < 1.29 is 18.3 Å². The summed E-state index contributed by atoms with van der Waals surface area (Å²) in [7, 11) is 0. The summed E-state index contributed by atoms with van der Waals surface area (Å²) in [4.78, 5) is 16.6. The minimum absolute atomic E-state index is 0.184. The fourth-order valence-corrected chi connectivity index (χ4v) is 3.38.